The van der Waals surface area contributed by atoms with Crippen molar-refractivity contribution in [1.29, 1.82) is 0 Å². The SMILES string of the molecule is CCCOc1ccc(C(=O)O)c(OCCCSC)c1. The molecule has 0 saturated heterocycles. The van der Waals surface area contributed by atoms with Gasteiger partial charge >= 0.3 is 5.97 Å². The Morgan fingerprint density at radius 2 is 2.11 bits per heavy atom. The van der Waals surface area contributed by atoms with Gasteiger partial charge in [-0.1, -0.05) is 6.92 Å². The van der Waals surface area contributed by atoms with Crippen LogP contribution in [0.3, 0.4) is 0 Å². The zero-order valence-corrected chi connectivity index (χ0v) is 12.2. The van der Waals surface area contributed by atoms with Crippen LogP contribution in [0.4, 0.5) is 0 Å². The number of carboxylic acid groups (broad SMARTS) is 1. The highest BCUT2D eigenvalue weighted by molar-refractivity contribution is 7.98. The van der Waals surface area contributed by atoms with Crippen molar-refractivity contribution in [2.45, 2.75) is 19.8 Å². The quantitative estimate of drug-likeness (QED) is 0.705. The largest absolute Gasteiger partial charge is 0.493 e. The predicted octanol–water partition coefficient (Wildman–Crippen LogP) is 3.31. The van der Waals surface area contributed by atoms with Gasteiger partial charge < -0.3 is 14.6 Å². The summed E-state index contributed by atoms with van der Waals surface area (Å²) in [5.41, 5.74) is 0.174. The molecular weight excluding hydrogens is 264 g/mol. The van der Waals surface area contributed by atoms with E-state index in [-0.39, 0.29) is 5.56 Å². The highest BCUT2D eigenvalue weighted by Crippen LogP contribution is 2.25. The van der Waals surface area contributed by atoms with Gasteiger partial charge in [-0.2, -0.15) is 11.8 Å². The fourth-order valence-electron chi connectivity index (χ4n) is 1.49. The third kappa shape index (κ3) is 5.42. The molecule has 4 nitrogen and oxygen atoms in total. The Labute approximate surface area is 118 Å². The summed E-state index contributed by atoms with van der Waals surface area (Å²) in [4.78, 5) is 11.1. The Kier molecular flexibility index (Phi) is 7.18. The number of benzene rings is 1. The van der Waals surface area contributed by atoms with Crippen LogP contribution in [0.5, 0.6) is 11.5 Å². The molecule has 0 aliphatic carbocycles. The summed E-state index contributed by atoms with van der Waals surface area (Å²) in [6.45, 7) is 3.14. The average Bonchev–Trinajstić information content (AvgIpc) is 2.41. The number of ether oxygens (including phenoxy) is 2. The number of hydrogen-bond acceptors (Lipinski definition) is 4. The molecule has 0 aliphatic rings. The zero-order valence-electron chi connectivity index (χ0n) is 11.3. The summed E-state index contributed by atoms with van der Waals surface area (Å²) in [5.74, 6) is 1.03. The van der Waals surface area contributed by atoms with Crippen molar-refractivity contribution in [3.05, 3.63) is 23.8 Å². The summed E-state index contributed by atoms with van der Waals surface area (Å²) in [7, 11) is 0. The van der Waals surface area contributed by atoms with E-state index >= 15 is 0 Å². The molecule has 0 radical (unpaired) electrons. The van der Waals surface area contributed by atoms with Gasteiger partial charge in [0.05, 0.1) is 13.2 Å². The van der Waals surface area contributed by atoms with E-state index in [1.165, 1.54) is 6.07 Å². The molecule has 5 heteroatoms. The summed E-state index contributed by atoms with van der Waals surface area (Å²) in [5, 5.41) is 9.11. The zero-order chi connectivity index (χ0) is 14.1. The number of rotatable bonds is 9. The number of thioether (sulfide) groups is 1. The van der Waals surface area contributed by atoms with Crippen LogP contribution in [-0.4, -0.2) is 36.3 Å². The molecule has 0 amide bonds. The highest BCUT2D eigenvalue weighted by atomic mass is 32.2. The number of hydrogen-bond donors (Lipinski definition) is 1. The van der Waals surface area contributed by atoms with Crippen LogP contribution < -0.4 is 9.47 Å². The molecule has 19 heavy (non-hydrogen) atoms. The smallest absolute Gasteiger partial charge is 0.339 e. The maximum absolute atomic E-state index is 11.1. The van der Waals surface area contributed by atoms with Crippen molar-refractivity contribution in [2.75, 3.05) is 25.2 Å². The van der Waals surface area contributed by atoms with Crippen LogP contribution in [-0.2, 0) is 0 Å². The lowest BCUT2D eigenvalue weighted by atomic mass is 10.2. The molecular formula is C14H20O4S. The van der Waals surface area contributed by atoms with Crippen LogP contribution >= 0.6 is 11.8 Å². The van der Waals surface area contributed by atoms with Crippen LogP contribution in [0.25, 0.3) is 0 Å². The molecule has 0 unspecified atom stereocenters. The Bertz CT molecular complexity index is 406. The molecule has 0 aromatic heterocycles. The van der Waals surface area contributed by atoms with Crippen molar-refractivity contribution >= 4 is 17.7 Å². The van der Waals surface area contributed by atoms with Gasteiger partial charge in [0.25, 0.3) is 0 Å². The predicted molar refractivity (Wildman–Crippen MR) is 77.7 cm³/mol. The van der Waals surface area contributed by atoms with Gasteiger partial charge in [-0.05, 0) is 37.0 Å². The summed E-state index contributed by atoms with van der Waals surface area (Å²) >= 11 is 1.74. The Morgan fingerprint density at radius 3 is 2.74 bits per heavy atom. The lowest BCUT2D eigenvalue weighted by molar-refractivity contribution is 0.0692. The van der Waals surface area contributed by atoms with Gasteiger partial charge in [0, 0.05) is 6.07 Å². The van der Waals surface area contributed by atoms with Gasteiger partial charge in [0.1, 0.15) is 17.1 Å². The fourth-order valence-corrected chi connectivity index (χ4v) is 1.90. The minimum absolute atomic E-state index is 0.174. The molecule has 0 fully saturated rings. The molecule has 106 valence electrons. The van der Waals surface area contributed by atoms with Crippen LogP contribution in [0.1, 0.15) is 30.1 Å². The van der Waals surface area contributed by atoms with Crippen molar-refractivity contribution in [3.63, 3.8) is 0 Å². The number of aromatic carboxylic acids is 1. The lowest BCUT2D eigenvalue weighted by Gasteiger charge is -2.11. The van der Waals surface area contributed by atoms with Gasteiger partial charge in [-0.15, -0.1) is 0 Å². The fraction of sp³-hybridized carbons (Fsp3) is 0.500. The van der Waals surface area contributed by atoms with Crippen molar-refractivity contribution < 1.29 is 19.4 Å². The minimum atomic E-state index is -0.984. The van der Waals surface area contributed by atoms with Crippen molar-refractivity contribution in [1.82, 2.24) is 0 Å². The van der Waals surface area contributed by atoms with E-state index in [4.69, 9.17) is 14.6 Å². The van der Waals surface area contributed by atoms with E-state index < -0.39 is 5.97 Å². The first-order valence-corrected chi connectivity index (χ1v) is 7.70. The average molecular weight is 284 g/mol. The summed E-state index contributed by atoms with van der Waals surface area (Å²) in [6, 6.07) is 4.84. The third-order valence-corrected chi connectivity index (χ3v) is 3.10. The summed E-state index contributed by atoms with van der Waals surface area (Å²) < 4.78 is 11.0. The first-order chi connectivity index (χ1) is 9.19. The third-order valence-electron chi connectivity index (χ3n) is 2.41. The molecule has 0 bridgehead atoms. The molecule has 1 aromatic rings. The molecule has 1 N–H and O–H groups in total. The van der Waals surface area contributed by atoms with E-state index in [1.807, 2.05) is 13.2 Å². The van der Waals surface area contributed by atoms with E-state index in [2.05, 4.69) is 0 Å². The Morgan fingerprint density at radius 1 is 1.32 bits per heavy atom. The molecule has 0 aliphatic heterocycles. The molecule has 1 aromatic carbocycles. The second-order valence-corrected chi connectivity index (χ2v) is 4.99. The Hall–Kier alpha value is -1.36. The maximum Gasteiger partial charge on any atom is 0.339 e. The van der Waals surface area contributed by atoms with Crippen molar-refractivity contribution in [2.24, 2.45) is 0 Å². The number of carbonyl (C=O) groups is 1. The molecule has 0 atom stereocenters. The van der Waals surface area contributed by atoms with Crippen LogP contribution in [0.15, 0.2) is 18.2 Å². The first kappa shape index (κ1) is 15.7. The van der Waals surface area contributed by atoms with E-state index in [0.29, 0.717) is 24.7 Å². The van der Waals surface area contributed by atoms with Gasteiger partial charge in [-0.3, -0.25) is 0 Å². The minimum Gasteiger partial charge on any atom is -0.493 e. The van der Waals surface area contributed by atoms with Gasteiger partial charge in [-0.25, -0.2) is 4.79 Å². The molecule has 0 heterocycles. The standard InChI is InChI=1S/C14H20O4S/c1-3-7-17-11-5-6-12(14(15)16)13(10-11)18-8-4-9-19-2/h5-6,10H,3-4,7-9H2,1-2H3,(H,15,16). The lowest BCUT2D eigenvalue weighted by Crippen LogP contribution is -2.06. The van der Waals surface area contributed by atoms with E-state index in [9.17, 15) is 4.79 Å². The second kappa shape index (κ2) is 8.69. The van der Waals surface area contributed by atoms with E-state index in [0.717, 1.165) is 18.6 Å². The highest BCUT2D eigenvalue weighted by Gasteiger charge is 2.12. The maximum atomic E-state index is 11.1. The molecule has 0 spiro atoms. The van der Waals surface area contributed by atoms with E-state index in [1.54, 1.807) is 23.9 Å². The monoisotopic (exact) mass is 284 g/mol. The molecule has 1 rings (SSSR count). The van der Waals surface area contributed by atoms with Gasteiger partial charge in [0.15, 0.2) is 0 Å². The molecule has 0 saturated carbocycles. The number of carboxylic acids is 1. The Balaban J connectivity index is 2.74. The van der Waals surface area contributed by atoms with Gasteiger partial charge in [0.2, 0.25) is 0 Å². The van der Waals surface area contributed by atoms with Crippen molar-refractivity contribution in [3.8, 4) is 11.5 Å². The second-order valence-electron chi connectivity index (χ2n) is 4.01. The summed E-state index contributed by atoms with van der Waals surface area (Å²) in [6.07, 6.45) is 3.83. The topological polar surface area (TPSA) is 55.8 Å². The van der Waals surface area contributed by atoms with Crippen LogP contribution in [0, 0.1) is 0 Å². The first-order valence-electron chi connectivity index (χ1n) is 6.31. The van der Waals surface area contributed by atoms with Crippen LogP contribution in [0.2, 0.25) is 0 Å². The normalized spacial score (nSPS) is 10.2.